The number of hydrogen-bond donors (Lipinski definition) is 2. The van der Waals surface area contributed by atoms with E-state index < -0.39 is 28.0 Å². The zero-order chi connectivity index (χ0) is 20.9. The molecule has 0 aliphatic carbocycles. The third kappa shape index (κ3) is 5.09. The fourth-order valence-electron chi connectivity index (χ4n) is 3.13. The molecule has 3 amide bonds. The van der Waals surface area contributed by atoms with E-state index in [1.165, 1.54) is 11.4 Å². The van der Waals surface area contributed by atoms with Crippen molar-refractivity contribution in [2.45, 2.75) is 44.0 Å². The molecular weight excluding hydrogens is 380 g/mol. The van der Waals surface area contributed by atoms with Crippen molar-refractivity contribution < 1.29 is 18.0 Å². The Hall–Kier alpha value is -1.97. The molecule has 0 unspecified atom stereocenters. The van der Waals surface area contributed by atoms with Crippen molar-refractivity contribution in [2.24, 2.45) is 0 Å². The maximum absolute atomic E-state index is 12.9. The summed E-state index contributed by atoms with van der Waals surface area (Å²) in [7, 11) is -2.12. The Morgan fingerprint density at radius 2 is 1.64 bits per heavy atom. The van der Waals surface area contributed by atoms with Gasteiger partial charge in [-0.25, -0.2) is 13.2 Å². The maximum atomic E-state index is 12.9. The summed E-state index contributed by atoms with van der Waals surface area (Å²) in [5, 5.41) is 4.59. The summed E-state index contributed by atoms with van der Waals surface area (Å²) in [6, 6.07) is 6.02. The van der Waals surface area contributed by atoms with Crippen LogP contribution >= 0.6 is 0 Å². The number of sulfonamides is 1. The zero-order valence-electron chi connectivity index (χ0n) is 16.9. The molecule has 0 saturated carbocycles. The van der Waals surface area contributed by atoms with Gasteiger partial charge in [0.05, 0.1) is 10.9 Å². The number of piperazine rings is 1. The third-order valence-electron chi connectivity index (χ3n) is 5.36. The maximum Gasteiger partial charge on any atom is 0.321 e. The van der Waals surface area contributed by atoms with Crippen LogP contribution in [0.2, 0.25) is 0 Å². The topological polar surface area (TPSA) is 98.8 Å². The molecule has 0 spiro atoms. The highest BCUT2D eigenvalue weighted by Crippen LogP contribution is 2.23. The van der Waals surface area contributed by atoms with E-state index in [1.807, 2.05) is 17.0 Å². The molecule has 156 valence electrons. The number of carbonyl (C=O) groups is 2. The minimum atomic E-state index is -3.56. The second-order valence-corrected chi connectivity index (χ2v) is 9.00. The van der Waals surface area contributed by atoms with Gasteiger partial charge in [0, 0.05) is 33.2 Å². The molecule has 2 N–H and O–H groups in total. The highest BCUT2D eigenvalue weighted by atomic mass is 32.2. The lowest BCUT2D eigenvalue weighted by molar-refractivity contribution is -0.125. The van der Waals surface area contributed by atoms with Gasteiger partial charge in [0.15, 0.2) is 0 Å². The van der Waals surface area contributed by atoms with Crippen LogP contribution < -0.4 is 10.6 Å². The van der Waals surface area contributed by atoms with E-state index in [0.29, 0.717) is 37.0 Å². The van der Waals surface area contributed by atoms with Gasteiger partial charge >= 0.3 is 6.03 Å². The molecule has 2 atom stereocenters. The predicted molar refractivity (Wildman–Crippen MR) is 108 cm³/mol. The van der Waals surface area contributed by atoms with Gasteiger partial charge in [0.2, 0.25) is 15.9 Å². The Labute approximate surface area is 167 Å². The van der Waals surface area contributed by atoms with Crippen LogP contribution in [0.3, 0.4) is 0 Å². The van der Waals surface area contributed by atoms with Crippen LogP contribution in [0.25, 0.3) is 0 Å². The van der Waals surface area contributed by atoms with Crippen LogP contribution in [0, 0.1) is 0 Å². The number of benzene rings is 1. The number of amides is 3. The molecule has 1 saturated heterocycles. The van der Waals surface area contributed by atoms with Crippen molar-refractivity contribution in [3.05, 3.63) is 29.8 Å². The monoisotopic (exact) mass is 410 g/mol. The lowest BCUT2D eigenvalue weighted by Gasteiger charge is -2.36. The first-order valence-electron chi connectivity index (χ1n) is 9.57. The highest BCUT2D eigenvalue weighted by molar-refractivity contribution is 7.89. The lowest BCUT2D eigenvalue weighted by Crippen LogP contribution is -2.56. The van der Waals surface area contributed by atoms with Gasteiger partial charge in [-0.1, -0.05) is 26.0 Å². The molecule has 0 bridgehead atoms. The van der Waals surface area contributed by atoms with Crippen molar-refractivity contribution in [1.82, 2.24) is 19.8 Å². The first kappa shape index (κ1) is 22.3. The summed E-state index contributed by atoms with van der Waals surface area (Å²) in [5.41, 5.74) is 1.13. The van der Waals surface area contributed by atoms with Gasteiger partial charge in [0.25, 0.3) is 0 Å². The largest absolute Gasteiger partial charge is 0.341 e. The summed E-state index contributed by atoms with van der Waals surface area (Å²) in [5.74, 6) is -0.0148. The first-order chi connectivity index (χ1) is 13.2. The van der Waals surface area contributed by atoms with Crippen LogP contribution in [0.15, 0.2) is 29.2 Å². The Bertz CT molecular complexity index is 787. The van der Waals surface area contributed by atoms with Crippen molar-refractivity contribution in [1.29, 1.82) is 0 Å². The standard InChI is InChI=1S/C19H30N4O4S/c1-5-14(2)16-6-8-17(9-7-16)28(26,27)23-12-10-22(11-13-23)15(3)18(24)21-19(25)20-4/h6-9,14-15H,5,10-13H2,1-4H3,(H2,20,21,24,25)/t14-,15-/m0/s1. The van der Waals surface area contributed by atoms with Crippen LogP contribution in [-0.2, 0) is 14.8 Å². The summed E-state index contributed by atoms with van der Waals surface area (Å²) in [4.78, 5) is 25.5. The molecule has 0 radical (unpaired) electrons. The average molecular weight is 411 g/mol. The molecule has 1 aromatic rings. The number of nitrogens with zero attached hydrogens (tertiary/aromatic N) is 2. The Kier molecular flexibility index (Phi) is 7.56. The van der Waals surface area contributed by atoms with Gasteiger partial charge < -0.3 is 5.32 Å². The average Bonchev–Trinajstić information content (AvgIpc) is 2.72. The highest BCUT2D eigenvalue weighted by Gasteiger charge is 2.32. The lowest BCUT2D eigenvalue weighted by atomic mass is 9.99. The van der Waals surface area contributed by atoms with Gasteiger partial charge in [-0.15, -0.1) is 0 Å². The van der Waals surface area contributed by atoms with Crippen LogP contribution in [0.4, 0.5) is 4.79 Å². The van der Waals surface area contributed by atoms with Crippen LogP contribution in [-0.4, -0.2) is 68.8 Å². The number of hydrogen-bond acceptors (Lipinski definition) is 5. The zero-order valence-corrected chi connectivity index (χ0v) is 17.8. The molecule has 9 heteroatoms. The molecule has 1 aliphatic rings. The van der Waals surface area contributed by atoms with E-state index in [1.54, 1.807) is 19.1 Å². The summed E-state index contributed by atoms with van der Waals surface area (Å²) in [6.45, 7) is 7.37. The molecule has 28 heavy (non-hydrogen) atoms. The molecule has 8 nitrogen and oxygen atoms in total. The normalized spacial score (nSPS) is 18.3. The molecular formula is C19H30N4O4S. The fraction of sp³-hybridized carbons (Fsp3) is 0.579. The number of carbonyl (C=O) groups excluding carboxylic acids is 2. The van der Waals surface area contributed by atoms with Crippen LogP contribution in [0.1, 0.15) is 38.7 Å². The van der Waals surface area contributed by atoms with Crippen molar-refractivity contribution in [2.75, 3.05) is 33.2 Å². The van der Waals surface area contributed by atoms with Crippen molar-refractivity contribution in [3.8, 4) is 0 Å². The molecule has 1 aromatic carbocycles. The third-order valence-corrected chi connectivity index (χ3v) is 7.28. The number of rotatable bonds is 6. The molecule has 1 aliphatic heterocycles. The minimum absolute atomic E-state index is 0.290. The van der Waals surface area contributed by atoms with Crippen LogP contribution in [0.5, 0.6) is 0 Å². The van der Waals surface area contributed by atoms with E-state index in [9.17, 15) is 18.0 Å². The van der Waals surface area contributed by atoms with E-state index in [2.05, 4.69) is 24.5 Å². The quantitative estimate of drug-likeness (QED) is 0.738. The van der Waals surface area contributed by atoms with Gasteiger partial charge in [-0.05, 0) is 37.0 Å². The van der Waals surface area contributed by atoms with Crippen molar-refractivity contribution >= 4 is 22.0 Å². The van der Waals surface area contributed by atoms with Gasteiger partial charge in [-0.3, -0.25) is 15.0 Å². The SMILES string of the molecule is CC[C@H](C)c1ccc(S(=O)(=O)N2CCN([C@@H](C)C(=O)NC(=O)NC)CC2)cc1. The molecule has 2 rings (SSSR count). The Morgan fingerprint density at radius 3 is 2.14 bits per heavy atom. The number of nitrogens with one attached hydrogen (secondary N) is 2. The van der Waals surface area contributed by atoms with E-state index >= 15 is 0 Å². The van der Waals surface area contributed by atoms with Gasteiger partial charge in [0.1, 0.15) is 0 Å². The number of urea groups is 1. The fourth-order valence-corrected chi connectivity index (χ4v) is 4.55. The Balaban J connectivity index is 1.99. The van der Waals surface area contributed by atoms with Gasteiger partial charge in [-0.2, -0.15) is 4.31 Å². The second-order valence-electron chi connectivity index (χ2n) is 7.06. The van der Waals surface area contributed by atoms with E-state index in [4.69, 9.17) is 0 Å². The summed E-state index contributed by atoms with van der Waals surface area (Å²) in [6.07, 6.45) is 1.000. The Morgan fingerprint density at radius 1 is 1.07 bits per heavy atom. The molecule has 1 heterocycles. The smallest absolute Gasteiger partial charge is 0.321 e. The van der Waals surface area contributed by atoms with E-state index in [0.717, 1.165) is 12.0 Å². The second kappa shape index (κ2) is 9.49. The first-order valence-corrected chi connectivity index (χ1v) is 11.0. The number of imide groups is 1. The van der Waals surface area contributed by atoms with E-state index in [-0.39, 0.29) is 0 Å². The van der Waals surface area contributed by atoms with Crippen molar-refractivity contribution in [3.63, 3.8) is 0 Å². The minimum Gasteiger partial charge on any atom is -0.341 e. The summed E-state index contributed by atoms with van der Waals surface area (Å²) < 4.78 is 27.3. The summed E-state index contributed by atoms with van der Waals surface area (Å²) >= 11 is 0. The molecule has 1 fully saturated rings. The molecule has 0 aromatic heterocycles. The predicted octanol–water partition coefficient (Wildman–Crippen LogP) is 1.35.